The van der Waals surface area contributed by atoms with Gasteiger partial charge in [0.25, 0.3) is 5.91 Å². The number of amides is 2. The van der Waals surface area contributed by atoms with E-state index in [4.69, 9.17) is 4.74 Å². The second-order valence-electron chi connectivity index (χ2n) is 8.96. The van der Waals surface area contributed by atoms with Crippen LogP contribution in [0.3, 0.4) is 0 Å². The predicted molar refractivity (Wildman–Crippen MR) is 108 cm³/mol. The highest BCUT2D eigenvalue weighted by molar-refractivity contribution is 7.09. The van der Waals surface area contributed by atoms with Crippen LogP contribution in [0.25, 0.3) is 0 Å². The molecule has 0 unspecified atom stereocenters. The zero-order chi connectivity index (χ0) is 19.7. The van der Waals surface area contributed by atoms with Crippen molar-refractivity contribution in [2.75, 3.05) is 19.7 Å². The molecule has 0 aromatic carbocycles. The Morgan fingerprint density at radius 3 is 2.68 bits per heavy atom. The van der Waals surface area contributed by atoms with Gasteiger partial charge in [0.2, 0.25) is 5.91 Å². The van der Waals surface area contributed by atoms with Crippen LogP contribution in [0, 0.1) is 11.8 Å². The lowest BCUT2D eigenvalue weighted by Crippen LogP contribution is -2.46. The summed E-state index contributed by atoms with van der Waals surface area (Å²) in [7, 11) is 0. The molecule has 4 rings (SSSR count). The van der Waals surface area contributed by atoms with Gasteiger partial charge >= 0.3 is 0 Å². The average Bonchev–Trinajstić information content (AvgIpc) is 3.24. The molecule has 1 spiro atoms. The number of aromatic nitrogens is 1. The third-order valence-electron chi connectivity index (χ3n) is 6.16. The lowest BCUT2D eigenvalue weighted by atomic mass is 9.88. The molecule has 154 valence electrons. The topological polar surface area (TPSA) is 71.5 Å². The van der Waals surface area contributed by atoms with Crippen LogP contribution >= 0.6 is 11.3 Å². The van der Waals surface area contributed by atoms with Gasteiger partial charge in [0.15, 0.2) is 0 Å². The van der Waals surface area contributed by atoms with E-state index in [9.17, 15) is 9.59 Å². The minimum Gasteiger partial charge on any atom is -0.375 e. The summed E-state index contributed by atoms with van der Waals surface area (Å²) in [6.07, 6.45) is 6.90. The van der Waals surface area contributed by atoms with Crippen LogP contribution < -0.4 is 5.32 Å². The summed E-state index contributed by atoms with van der Waals surface area (Å²) >= 11 is 1.49. The van der Waals surface area contributed by atoms with Gasteiger partial charge in [-0.05, 0) is 50.9 Å². The number of piperidine rings is 1. The standard InChI is InChI=1S/C21H31N3O3S/c1-14(2)12-16(22-18(25)15-4-5-15)19-23-17(13-28-19)20(26)24-9-7-21(8-10-24)6-3-11-27-21/h13-16H,3-12H2,1-2H3,(H,22,25)/t16-/m1/s1. The summed E-state index contributed by atoms with van der Waals surface area (Å²) in [5.74, 6) is 0.755. The Kier molecular flexibility index (Phi) is 5.74. The summed E-state index contributed by atoms with van der Waals surface area (Å²) in [6, 6.07) is -0.101. The maximum absolute atomic E-state index is 12.9. The number of thiazole rings is 1. The molecule has 28 heavy (non-hydrogen) atoms. The van der Waals surface area contributed by atoms with E-state index in [1.54, 1.807) is 0 Å². The number of rotatable bonds is 6. The molecular weight excluding hydrogens is 374 g/mol. The first kappa shape index (κ1) is 19.8. The van der Waals surface area contributed by atoms with Gasteiger partial charge < -0.3 is 15.0 Å². The Balaban J connectivity index is 1.40. The highest BCUT2D eigenvalue weighted by Crippen LogP contribution is 2.36. The normalized spacial score (nSPS) is 22.6. The van der Waals surface area contributed by atoms with Gasteiger partial charge in [-0.25, -0.2) is 4.98 Å². The Hall–Kier alpha value is -1.47. The van der Waals surface area contributed by atoms with Gasteiger partial charge in [0.05, 0.1) is 11.6 Å². The highest BCUT2D eigenvalue weighted by Gasteiger charge is 2.40. The molecule has 1 N–H and O–H groups in total. The van der Waals surface area contributed by atoms with Gasteiger partial charge in [-0.15, -0.1) is 11.3 Å². The predicted octanol–water partition coefficient (Wildman–Crippen LogP) is 3.54. The number of nitrogens with one attached hydrogen (secondary N) is 1. The highest BCUT2D eigenvalue weighted by atomic mass is 32.1. The first-order valence-corrected chi connectivity index (χ1v) is 11.5. The van der Waals surface area contributed by atoms with Crippen molar-refractivity contribution in [2.24, 2.45) is 11.8 Å². The smallest absolute Gasteiger partial charge is 0.273 e. The van der Waals surface area contributed by atoms with Crippen molar-refractivity contribution < 1.29 is 14.3 Å². The van der Waals surface area contributed by atoms with Crippen LogP contribution in [0.2, 0.25) is 0 Å². The summed E-state index contributed by atoms with van der Waals surface area (Å²) in [4.78, 5) is 31.8. The number of carbonyl (C=O) groups excluding carboxylic acids is 2. The fraction of sp³-hybridized carbons (Fsp3) is 0.762. The molecule has 6 nitrogen and oxygen atoms in total. The van der Waals surface area contributed by atoms with Crippen LogP contribution in [0.1, 0.15) is 80.3 Å². The van der Waals surface area contributed by atoms with Gasteiger partial charge in [-0.2, -0.15) is 0 Å². The van der Waals surface area contributed by atoms with Crippen molar-refractivity contribution in [1.82, 2.24) is 15.2 Å². The molecule has 1 aliphatic carbocycles. The molecule has 0 radical (unpaired) electrons. The number of nitrogens with zero attached hydrogens (tertiary/aromatic N) is 2. The maximum atomic E-state index is 12.9. The summed E-state index contributed by atoms with van der Waals surface area (Å²) < 4.78 is 5.96. The van der Waals surface area contributed by atoms with Crippen molar-refractivity contribution in [3.8, 4) is 0 Å². The molecule has 2 amide bonds. The SMILES string of the molecule is CC(C)C[C@@H](NC(=O)C1CC1)c1nc(C(=O)N2CCC3(CCCO3)CC2)cs1. The van der Waals surface area contributed by atoms with E-state index in [0.29, 0.717) is 11.6 Å². The van der Waals surface area contributed by atoms with Crippen molar-refractivity contribution in [3.63, 3.8) is 0 Å². The lowest BCUT2D eigenvalue weighted by molar-refractivity contribution is -0.123. The first-order valence-electron chi connectivity index (χ1n) is 10.6. The number of hydrogen-bond donors (Lipinski definition) is 1. The van der Waals surface area contributed by atoms with Gasteiger partial charge in [-0.3, -0.25) is 9.59 Å². The Morgan fingerprint density at radius 1 is 1.32 bits per heavy atom. The van der Waals surface area contributed by atoms with E-state index < -0.39 is 0 Å². The maximum Gasteiger partial charge on any atom is 0.273 e. The second kappa shape index (κ2) is 8.11. The molecule has 3 fully saturated rings. The molecular formula is C21H31N3O3S. The molecule has 1 atom stereocenters. The number of hydrogen-bond acceptors (Lipinski definition) is 5. The van der Waals surface area contributed by atoms with E-state index in [1.807, 2.05) is 10.3 Å². The monoisotopic (exact) mass is 405 g/mol. The lowest BCUT2D eigenvalue weighted by Gasteiger charge is -2.38. The summed E-state index contributed by atoms with van der Waals surface area (Å²) in [5, 5.41) is 5.86. The van der Waals surface area contributed by atoms with Crippen molar-refractivity contribution >= 4 is 23.2 Å². The fourth-order valence-electron chi connectivity index (χ4n) is 4.30. The fourth-order valence-corrected chi connectivity index (χ4v) is 5.16. The van der Waals surface area contributed by atoms with Crippen LogP contribution in [0.15, 0.2) is 5.38 Å². The zero-order valence-electron chi connectivity index (χ0n) is 16.9. The van der Waals surface area contributed by atoms with Crippen molar-refractivity contribution in [1.29, 1.82) is 0 Å². The third kappa shape index (κ3) is 4.40. The Bertz CT molecular complexity index is 712. The van der Waals surface area contributed by atoms with Crippen LogP contribution in [0.5, 0.6) is 0 Å². The van der Waals surface area contributed by atoms with Gasteiger partial charge in [0.1, 0.15) is 10.7 Å². The summed E-state index contributed by atoms with van der Waals surface area (Å²) in [6.45, 7) is 6.61. The van der Waals surface area contributed by atoms with Crippen molar-refractivity contribution in [2.45, 2.75) is 70.4 Å². The van der Waals surface area contributed by atoms with Crippen LogP contribution in [-0.2, 0) is 9.53 Å². The molecule has 0 bridgehead atoms. The zero-order valence-corrected chi connectivity index (χ0v) is 17.7. The van der Waals surface area contributed by atoms with E-state index in [1.165, 1.54) is 11.3 Å². The molecule has 7 heteroatoms. The van der Waals surface area contributed by atoms with E-state index >= 15 is 0 Å². The number of likely N-dealkylation sites (tertiary alicyclic amines) is 1. The minimum atomic E-state index is -0.101. The van der Waals surface area contributed by atoms with Crippen molar-refractivity contribution in [3.05, 3.63) is 16.1 Å². The largest absolute Gasteiger partial charge is 0.375 e. The quantitative estimate of drug-likeness (QED) is 0.786. The first-order chi connectivity index (χ1) is 13.5. The molecule has 3 aliphatic rings. The summed E-state index contributed by atoms with van der Waals surface area (Å²) in [5.41, 5.74) is 0.525. The molecule has 3 heterocycles. The van der Waals surface area contributed by atoms with Crippen LogP contribution in [-0.4, -0.2) is 47.0 Å². The van der Waals surface area contributed by atoms with Gasteiger partial charge in [-0.1, -0.05) is 13.8 Å². The molecule has 1 aromatic rings. The van der Waals surface area contributed by atoms with E-state index in [2.05, 4.69) is 24.1 Å². The number of carbonyl (C=O) groups is 2. The van der Waals surface area contributed by atoms with E-state index in [0.717, 1.165) is 69.6 Å². The molecule has 1 saturated carbocycles. The third-order valence-corrected chi connectivity index (χ3v) is 7.12. The molecule has 2 saturated heterocycles. The number of ether oxygens (including phenoxy) is 1. The Morgan fingerprint density at radius 2 is 2.07 bits per heavy atom. The van der Waals surface area contributed by atoms with Gasteiger partial charge in [0, 0.05) is 31.0 Å². The second-order valence-corrected chi connectivity index (χ2v) is 9.85. The van der Waals surface area contributed by atoms with E-state index in [-0.39, 0.29) is 29.4 Å². The van der Waals surface area contributed by atoms with Crippen LogP contribution in [0.4, 0.5) is 0 Å². The minimum absolute atomic E-state index is 0.00663. The molecule has 2 aliphatic heterocycles. The molecule has 1 aromatic heterocycles. The Labute approximate surface area is 171 Å². The average molecular weight is 406 g/mol.